The smallest absolute Gasteiger partial charge is 0.319 e. The van der Waals surface area contributed by atoms with Crippen LogP contribution in [0, 0.1) is 0 Å². The highest BCUT2D eigenvalue weighted by Gasteiger charge is 2.01. The fourth-order valence-corrected chi connectivity index (χ4v) is 1.62. The van der Waals surface area contributed by atoms with Crippen molar-refractivity contribution in [2.24, 2.45) is 0 Å². The maximum atomic E-state index is 11.6. The Balaban J connectivity index is 1.69. The minimum Gasteiger partial charge on any atom is -0.396 e. The number of hydrogen-bond acceptors (Lipinski definition) is 4. The standard InChI is InChI=1S/C14H17N5O/c15-12-7-4-8-16-13(12)17-9-10-18-14(20)19-11-5-2-1-3-6-11/h1-8H,9-10,15H2,(H,16,17)(H2,18,19,20). The number of benzene rings is 1. The highest BCUT2D eigenvalue weighted by molar-refractivity contribution is 5.89. The van der Waals surface area contributed by atoms with E-state index >= 15 is 0 Å². The van der Waals surface area contributed by atoms with Crippen molar-refractivity contribution in [1.82, 2.24) is 10.3 Å². The fraction of sp³-hybridized carbons (Fsp3) is 0.143. The van der Waals surface area contributed by atoms with Gasteiger partial charge >= 0.3 is 6.03 Å². The number of urea groups is 1. The number of nitrogens with one attached hydrogen (secondary N) is 3. The Morgan fingerprint density at radius 2 is 1.90 bits per heavy atom. The lowest BCUT2D eigenvalue weighted by Crippen LogP contribution is -2.32. The first-order chi connectivity index (χ1) is 9.75. The molecule has 5 N–H and O–H groups in total. The molecule has 1 aromatic carbocycles. The number of anilines is 3. The second kappa shape index (κ2) is 6.98. The molecule has 0 aliphatic heterocycles. The van der Waals surface area contributed by atoms with Gasteiger partial charge in [-0.1, -0.05) is 18.2 Å². The Labute approximate surface area is 117 Å². The van der Waals surface area contributed by atoms with Crippen molar-refractivity contribution in [3.63, 3.8) is 0 Å². The van der Waals surface area contributed by atoms with Gasteiger partial charge < -0.3 is 21.7 Å². The van der Waals surface area contributed by atoms with Gasteiger partial charge in [0.15, 0.2) is 0 Å². The number of nitrogen functional groups attached to an aromatic ring is 1. The van der Waals surface area contributed by atoms with Crippen LogP contribution in [-0.4, -0.2) is 24.1 Å². The number of pyridine rings is 1. The van der Waals surface area contributed by atoms with Crippen LogP contribution in [0.25, 0.3) is 0 Å². The molecule has 1 heterocycles. The fourth-order valence-electron chi connectivity index (χ4n) is 1.62. The van der Waals surface area contributed by atoms with E-state index in [1.54, 1.807) is 18.3 Å². The Morgan fingerprint density at radius 3 is 2.65 bits per heavy atom. The van der Waals surface area contributed by atoms with E-state index in [1.165, 1.54) is 0 Å². The molecular formula is C14H17N5O. The summed E-state index contributed by atoms with van der Waals surface area (Å²) in [6.45, 7) is 1.01. The van der Waals surface area contributed by atoms with Crippen molar-refractivity contribution in [2.45, 2.75) is 0 Å². The van der Waals surface area contributed by atoms with Gasteiger partial charge in [-0.15, -0.1) is 0 Å². The van der Waals surface area contributed by atoms with E-state index in [0.717, 1.165) is 5.69 Å². The Kier molecular flexibility index (Phi) is 4.77. The number of nitrogens with two attached hydrogens (primary N) is 1. The highest BCUT2D eigenvalue weighted by atomic mass is 16.2. The summed E-state index contributed by atoms with van der Waals surface area (Å²) in [5.41, 5.74) is 7.08. The van der Waals surface area contributed by atoms with Gasteiger partial charge in [0.05, 0.1) is 5.69 Å². The van der Waals surface area contributed by atoms with E-state index in [2.05, 4.69) is 20.9 Å². The third-order valence-corrected chi connectivity index (χ3v) is 2.57. The summed E-state index contributed by atoms with van der Waals surface area (Å²) >= 11 is 0. The van der Waals surface area contributed by atoms with Crippen LogP contribution in [0.1, 0.15) is 0 Å². The monoisotopic (exact) mass is 271 g/mol. The Hall–Kier alpha value is -2.76. The molecule has 2 amide bonds. The van der Waals surface area contributed by atoms with Crippen LogP contribution in [-0.2, 0) is 0 Å². The van der Waals surface area contributed by atoms with Gasteiger partial charge in [-0.25, -0.2) is 9.78 Å². The lowest BCUT2D eigenvalue weighted by Gasteiger charge is -2.09. The molecule has 0 atom stereocenters. The molecule has 1 aromatic heterocycles. The van der Waals surface area contributed by atoms with Crippen LogP contribution < -0.4 is 21.7 Å². The van der Waals surface area contributed by atoms with Gasteiger partial charge in [-0.2, -0.15) is 0 Å². The molecule has 20 heavy (non-hydrogen) atoms. The first-order valence-electron chi connectivity index (χ1n) is 6.30. The summed E-state index contributed by atoms with van der Waals surface area (Å²) in [5.74, 6) is 0.623. The van der Waals surface area contributed by atoms with Gasteiger partial charge in [-0.05, 0) is 24.3 Å². The highest BCUT2D eigenvalue weighted by Crippen LogP contribution is 2.11. The topological polar surface area (TPSA) is 92.1 Å². The molecule has 0 aliphatic carbocycles. The quantitative estimate of drug-likeness (QED) is 0.625. The van der Waals surface area contributed by atoms with Crippen LogP contribution >= 0.6 is 0 Å². The average molecular weight is 271 g/mol. The van der Waals surface area contributed by atoms with Crippen molar-refractivity contribution in [3.8, 4) is 0 Å². The number of amides is 2. The predicted octanol–water partition coefficient (Wildman–Crippen LogP) is 1.90. The molecule has 0 aliphatic rings. The van der Waals surface area contributed by atoms with E-state index in [0.29, 0.717) is 24.6 Å². The number of para-hydroxylation sites is 1. The number of aromatic nitrogens is 1. The molecule has 0 spiro atoms. The third kappa shape index (κ3) is 4.16. The first-order valence-corrected chi connectivity index (χ1v) is 6.30. The lowest BCUT2D eigenvalue weighted by molar-refractivity contribution is 0.252. The van der Waals surface area contributed by atoms with E-state index in [-0.39, 0.29) is 6.03 Å². The summed E-state index contributed by atoms with van der Waals surface area (Å²) in [6, 6.07) is 12.6. The van der Waals surface area contributed by atoms with Crippen LogP contribution in [0.5, 0.6) is 0 Å². The number of hydrogen-bond donors (Lipinski definition) is 4. The molecule has 0 fully saturated rings. The van der Waals surface area contributed by atoms with E-state index < -0.39 is 0 Å². The van der Waals surface area contributed by atoms with E-state index in [4.69, 9.17) is 5.73 Å². The lowest BCUT2D eigenvalue weighted by atomic mass is 10.3. The summed E-state index contributed by atoms with van der Waals surface area (Å²) in [4.78, 5) is 15.7. The van der Waals surface area contributed by atoms with E-state index in [1.807, 2.05) is 30.3 Å². The zero-order valence-electron chi connectivity index (χ0n) is 11.0. The molecule has 0 saturated carbocycles. The zero-order chi connectivity index (χ0) is 14.2. The first kappa shape index (κ1) is 13.7. The normalized spacial score (nSPS) is 9.80. The molecule has 2 aromatic rings. The molecule has 0 bridgehead atoms. The van der Waals surface area contributed by atoms with Gasteiger partial charge in [0.2, 0.25) is 0 Å². The van der Waals surface area contributed by atoms with Crippen molar-refractivity contribution < 1.29 is 4.79 Å². The molecule has 2 rings (SSSR count). The molecule has 0 saturated heterocycles. The molecule has 0 unspecified atom stereocenters. The van der Waals surface area contributed by atoms with Crippen molar-refractivity contribution in [3.05, 3.63) is 48.7 Å². The summed E-state index contributed by atoms with van der Waals surface area (Å²) in [7, 11) is 0. The number of carbonyl (C=O) groups is 1. The van der Waals surface area contributed by atoms with Crippen molar-refractivity contribution in [1.29, 1.82) is 0 Å². The van der Waals surface area contributed by atoms with Gasteiger partial charge in [-0.3, -0.25) is 0 Å². The van der Waals surface area contributed by atoms with Crippen LogP contribution in [0.3, 0.4) is 0 Å². The molecule has 0 radical (unpaired) electrons. The molecule has 6 heteroatoms. The molecular weight excluding hydrogens is 254 g/mol. The van der Waals surface area contributed by atoms with Gasteiger partial charge in [0.1, 0.15) is 5.82 Å². The Bertz CT molecular complexity index is 559. The number of carbonyl (C=O) groups excluding carboxylic acids is 1. The summed E-state index contributed by atoms with van der Waals surface area (Å²) in [6.07, 6.45) is 1.66. The van der Waals surface area contributed by atoms with Gasteiger partial charge in [0.25, 0.3) is 0 Å². The average Bonchev–Trinajstić information content (AvgIpc) is 2.46. The summed E-state index contributed by atoms with van der Waals surface area (Å²) < 4.78 is 0. The van der Waals surface area contributed by atoms with E-state index in [9.17, 15) is 4.79 Å². The van der Waals surface area contributed by atoms with Crippen molar-refractivity contribution >= 4 is 23.2 Å². The van der Waals surface area contributed by atoms with Crippen LogP contribution in [0.4, 0.5) is 22.0 Å². The third-order valence-electron chi connectivity index (χ3n) is 2.57. The SMILES string of the molecule is Nc1cccnc1NCCNC(=O)Nc1ccccc1. The largest absolute Gasteiger partial charge is 0.396 e. The maximum Gasteiger partial charge on any atom is 0.319 e. The Morgan fingerprint density at radius 1 is 1.10 bits per heavy atom. The maximum absolute atomic E-state index is 11.6. The van der Waals surface area contributed by atoms with Crippen LogP contribution in [0.2, 0.25) is 0 Å². The molecule has 6 nitrogen and oxygen atoms in total. The second-order valence-electron chi connectivity index (χ2n) is 4.11. The zero-order valence-corrected chi connectivity index (χ0v) is 11.0. The minimum atomic E-state index is -0.244. The number of nitrogens with zero attached hydrogens (tertiary/aromatic N) is 1. The van der Waals surface area contributed by atoms with Crippen LogP contribution in [0.15, 0.2) is 48.7 Å². The molecule has 104 valence electrons. The predicted molar refractivity (Wildman–Crippen MR) is 80.6 cm³/mol. The summed E-state index contributed by atoms with van der Waals surface area (Å²) in [5, 5.41) is 8.53. The second-order valence-corrected chi connectivity index (χ2v) is 4.11. The number of rotatable bonds is 5. The van der Waals surface area contributed by atoms with Crippen molar-refractivity contribution in [2.75, 3.05) is 29.5 Å². The minimum absolute atomic E-state index is 0.244. The van der Waals surface area contributed by atoms with Gasteiger partial charge in [0, 0.05) is 25.0 Å².